The van der Waals surface area contributed by atoms with Crippen LogP contribution in [0.2, 0.25) is 0 Å². The van der Waals surface area contributed by atoms with Crippen molar-refractivity contribution in [2.45, 2.75) is 5.75 Å². The Morgan fingerprint density at radius 3 is 2.24 bits per heavy atom. The number of benzene rings is 2. The van der Waals surface area contributed by atoms with E-state index in [9.17, 15) is 13.2 Å². The summed E-state index contributed by atoms with van der Waals surface area (Å²) in [5.74, 6) is -1.21. The molecule has 1 N–H and O–H groups in total. The standard InChI is InChI=1S/C15H14BrNO3S/c16-13-8-6-12(7-9-13)10-21(19,20)11-15(18)17-14-4-2-1-3-5-14/h1-9H,10-11H2,(H,17,18). The first kappa shape index (κ1) is 15.7. The van der Waals surface area contributed by atoms with Crippen LogP contribution in [0.4, 0.5) is 5.69 Å². The number of sulfone groups is 1. The molecule has 0 saturated carbocycles. The molecule has 0 unspecified atom stereocenters. The molecule has 2 aromatic rings. The minimum absolute atomic E-state index is 0.150. The van der Waals surface area contributed by atoms with Crippen LogP contribution in [-0.4, -0.2) is 20.1 Å². The van der Waals surface area contributed by atoms with Crippen molar-refractivity contribution in [1.82, 2.24) is 0 Å². The highest BCUT2D eigenvalue weighted by Crippen LogP contribution is 2.13. The van der Waals surface area contributed by atoms with Crippen molar-refractivity contribution in [3.05, 3.63) is 64.6 Å². The van der Waals surface area contributed by atoms with Crippen LogP contribution in [0.1, 0.15) is 5.56 Å². The summed E-state index contributed by atoms with van der Waals surface area (Å²) in [4.78, 5) is 11.8. The lowest BCUT2D eigenvalue weighted by atomic mass is 10.2. The van der Waals surface area contributed by atoms with Crippen LogP contribution in [-0.2, 0) is 20.4 Å². The SMILES string of the molecule is O=C(CS(=O)(=O)Cc1ccc(Br)cc1)Nc1ccccc1. The Morgan fingerprint density at radius 2 is 1.62 bits per heavy atom. The smallest absolute Gasteiger partial charge is 0.239 e. The monoisotopic (exact) mass is 367 g/mol. The molecule has 0 heterocycles. The first-order valence-electron chi connectivity index (χ1n) is 6.24. The highest BCUT2D eigenvalue weighted by Gasteiger charge is 2.17. The predicted molar refractivity (Wildman–Crippen MR) is 86.7 cm³/mol. The Labute approximate surface area is 132 Å². The summed E-state index contributed by atoms with van der Waals surface area (Å²) in [6.07, 6.45) is 0. The number of hydrogen-bond acceptors (Lipinski definition) is 3. The van der Waals surface area contributed by atoms with E-state index in [1.807, 2.05) is 6.07 Å². The Balaban J connectivity index is 1.97. The van der Waals surface area contributed by atoms with Gasteiger partial charge in [-0.25, -0.2) is 8.42 Å². The van der Waals surface area contributed by atoms with E-state index in [4.69, 9.17) is 0 Å². The van der Waals surface area contributed by atoms with Gasteiger partial charge in [-0.15, -0.1) is 0 Å². The third-order valence-electron chi connectivity index (χ3n) is 2.71. The molecule has 0 aliphatic heterocycles. The van der Waals surface area contributed by atoms with Crippen LogP contribution >= 0.6 is 15.9 Å². The summed E-state index contributed by atoms with van der Waals surface area (Å²) < 4.78 is 24.9. The van der Waals surface area contributed by atoms with Gasteiger partial charge in [0.1, 0.15) is 5.75 Å². The molecule has 0 atom stereocenters. The van der Waals surface area contributed by atoms with E-state index < -0.39 is 21.5 Å². The van der Waals surface area contributed by atoms with Crippen molar-refractivity contribution in [3.8, 4) is 0 Å². The average Bonchev–Trinajstić information content (AvgIpc) is 2.41. The molecule has 4 nitrogen and oxygen atoms in total. The second-order valence-electron chi connectivity index (χ2n) is 4.57. The number of anilines is 1. The Morgan fingerprint density at radius 1 is 1.00 bits per heavy atom. The number of amides is 1. The summed E-state index contributed by atoms with van der Waals surface area (Å²) in [6, 6.07) is 15.8. The minimum atomic E-state index is -3.49. The van der Waals surface area contributed by atoms with Gasteiger partial charge in [-0.1, -0.05) is 46.3 Å². The summed E-state index contributed by atoms with van der Waals surface area (Å²) in [5, 5.41) is 2.57. The summed E-state index contributed by atoms with van der Waals surface area (Å²) in [7, 11) is -3.49. The van der Waals surface area contributed by atoms with Gasteiger partial charge in [0.25, 0.3) is 0 Å². The van der Waals surface area contributed by atoms with Gasteiger partial charge in [0.2, 0.25) is 5.91 Å². The van der Waals surface area contributed by atoms with E-state index >= 15 is 0 Å². The fourth-order valence-corrected chi connectivity index (χ4v) is 3.34. The Bertz CT molecular complexity index is 712. The molecule has 2 rings (SSSR count). The van der Waals surface area contributed by atoms with Crippen LogP contribution < -0.4 is 5.32 Å². The van der Waals surface area contributed by atoms with E-state index in [1.54, 1.807) is 48.5 Å². The van der Waals surface area contributed by atoms with Gasteiger partial charge in [0.05, 0.1) is 5.75 Å². The molecule has 110 valence electrons. The predicted octanol–water partition coefficient (Wildman–Crippen LogP) is 3.00. The highest BCUT2D eigenvalue weighted by atomic mass is 79.9. The number of carbonyl (C=O) groups excluding carboxylic acids is 1. The molecule has 0 bridgehead atoms. The fraction of sp³-hybridized carbons (Fsp3) is 0.133. The topological polar surface area (TPSA) is 63.2 Å². The van der Waals surface area contributed by atoms with E-state index in [-0.39, 0.29) is 5.75 Å². The van der Waals surface area contributed by atoms with Crippen LogP contribution in [0.25, 0.3) is 0 Å². The van der Waals surface area contributed by atoms with Crippen molar-refractivity contribution in [3.63, 3.8) is 0 Å². The Hall–Kier alpha value is -1.66. The van der Waals surface area contributed by atoms with Crippen molar-refractivity contribution in [2.75, 3.05) is 11.1 Å². The molecular weight excluding hydrogens is 354 g/mol. The molecule has 1 amide bonds. The van der Waals surface area contributed by atoms with Crippen LogP contribution in [0, 0.1) is 0 Å². The molecule has 0 aliphatic carbocycles. The molecule has 0 fully saturated rings. The first-order valence-corrected chi connectivity index (χ1v) is 8.86. The first-order chi connectivity index (χ1) is 9.94. The van der Waals surface area contributed by atoms with Gasteiger partial charge in [0, 0.05) is 10.2 Å². The lowest BCUT2D eigenvalue weighted by Crippen LogP contribution is -2.23. The maximum absolute atomic E-state index is 12.0. The second kappa shape index (κ2) is 6.87. The van der Waals surface area contributed by atoms with Crippen LogP contribution in [0.5, 0.6) is 0 Å². The average molecular weight is 368 g/mol. The van der Waals surface area contributed by atoms with Crippen molar-refractivity contribution < 1.29 is 13.2 Å². The molecule has 0 spiro atoms. The van der Waals surface area contributed by atoms with Crippen LogP contribution in [0.3, 0.4) is 0 Å². The second-order valence-corrected chi connectivity index (χ2v) is 7.55. The molecule has 0 saturated heterocycles. The number of halogens is 1. The van der Waals surface area contributed by atoms with Gasteiger partial charge >= 0.3 is 0 Å². The number of nitrogens with one attached hydrogen (secondary N) is 1. The van der Waals surface area contributed by atoms with Gasteiger partial charge in [-0.2, -0.15) is 0 Å². The lowest BCUT2D eigenvalue weighted by molar-refractivity contribution is -0.113. The third-order valence-corrected chi connectivity index (χ3v) is 4.71. The van der Waals surface area contributed by atoms with E-state index in [2.05, 4.69) is 21.2 Å². The van der Waals surface area contributed by atoms with E-state index in [0.29, 0.717) is 11.3 Å². The van der Waals surface area contributed by atoms with Crippen molar-refractivity contribution >= 4 is 37.4 Å². The molecule has 2 aromatic carbocycles. The summed E-state index contributed by atoms with van der Waals surface area (Å²) in [5.41, 5.74) is 1.24. The quantitative estimate of drug-likeness (QED) is 0.883. The number of para-hydroxylation sites is 1. The third kappa shape index (κ3) is 5.32. The largest absolute Gasteiger partial charge is 0.325 e. The van der Waals surface area contributed by atoms with Gasteiger partial charge in [-0.05, 0) is 29.8 Å². The normalized spacial score (nSPS) is 11.1. The molecule has 0 aliphatic rings. The maximum Gasteiger partial charge on any atom is 0.239 e. The van der Waals surface area contributed by atoms with Gasteiger partial charge < -0.3 is 5.32 Å². The molecule has 0 aromatic heterocycles. The zero-order valence-electron chi connectivity index (χ0n) is 11.1. The van der Waals surface area contributed by atoms with E-state index in [0.717, 1.165) is 4.47 Å². The van der Waals surface area contributed by atoms with E-state index in [1.165, 1.54) is 0 Å². The number of rotatable bonds is 5. The number of hydrogen-bond donors (Lipinski definition) is 1. The van der Waals surface area contributed by atoms with Crippen LogP contribution in [0.15, 0.2) is 59.1 Å². The lowest BCUT2D eigenvalue weighted by Gasteiger charge is -2.06. The summed E-state index contributed by atoms with van der Waals surface area (Å²) >= 11 is 3.29. The van der Waals surface area contributed by atoms with Crippen molar-refractivity contribution in [2.24, 2.45) is 0 Å². The van der Waals surface area contributed by atoms with Gasteiger partial charge in [0.15, 0.2) is 9.84 Å². The minimum Gasteiger partial charge on any atom is -0.325 e. The molecule has 6 heteroatoms. The molecular formula is C15H14BrNO3S. The molecule has 0 radical (unpaired) electrons. The van der Waals surface area contributed by atoms with Gasteiger partial charge in [-0.3, -0.25) is 4.79 Å². The zero-order valence-corrected chi connectivity index (χ0v) is 13.5. The van der Waals surface area contributed by atoms with Crippen molar-refractivity contribution in [1.29, 1.82) is 0 Å². The fourth-order valence-electron chi connectivity index (χ4n) is 1.80. The Kier molecular flexibility index (Phi) is 5.14. The maximum atomic E-state index is 12.0. The highest BCUT2D eigenvalue weighted by molar-refractivity contribution is 9.10. The number of carbonyl (C=O) groups is 1. The molecule has 21 heavy (non-hydrogen) atoms. The summed E-state index contributed by atoms with van der Waals surface area (Å²) in [6.45, 7) is 0. The zero-order chi connectivity index (χ0) is 15.3.